The van der Waals surface area contributed by atoms with Gasteiger partial charge in [0.05, 0.1) is 13.2 Å². The van der Waals surface area contributed by atoms with E-state index in [0.29, 0.717) is 31.9 Å². The number of nitrogens with one attached hydrogen (secondary N) is 1. The predicted octanol–water partition coefficient (Wildman–Crippen LogP) is 1.33. The standard InChI is InChI=1S/C17H25FN2O3/c1-12(11-21)13(2)19-17(22)16(20-6-8-23-9-7-20)14-4-3-5-15(18)10-14/h3-5,10,12-13,16,21H,6-9,11H2,1-2H3,(H,19,22). The van der Waals surface area contributed by atoms with Crippen LogP contribution in [0, 0.1) is 11.7 Å². The first-order valence-electron chi connectivity index (χ1n) is 8.01. The molecule has 1 saturated heterocycles. The van der Waals surface area contributed by atoms with Crippen LogP contribution in [0.2, 0.25) is 0 Å². The highest BCUT2D eigenvalue weighted by Gasteiger charge is 2.30. The van der Waals surface area contributed by atoms with Gasteiger partial charge in [-0.2, -0.15) is 0 Å². The molecule has 1 aliphatic rings. The van der Waals surface area contributed by atoms with Crippen LogP contribution in [-0.4, -0.2) is 54.9 Å². The molecule has 2 N–H and O–H groups in total. The molecule has 0 aliphatic carbocycles. The Bertz CT molecular complexity index is 520. The number of rotatable bonds is 6. The van der Waals surface area contributed by atoms with Gasteiger partial charge in [0.25, 0.3) is 0 Å². The van der Waals surface area contributed by atoms with Gasteiger partial charge in [-0.3, -0.25) is 9.69 Å². The van der Waals surface area contributed by atoms with E-state index in [0.717, 1.165) is 0 Å². The summed E-state index contributed by atoms with van der Waals surface area (Å²) in [5, 5.41) is 12.2. The number of carbonyl (C=O) groups is 1. The van der Waals surface area contributed by atoms with E-state index >= 15 is 0 Å². The minimum Gasteiger partial charge on any atom is -0.396 e. The van der Waals surface area contributed by atoms with Crippen LogP contribution in [0.5, 0.6) is 0 Å². The topological polar surface area (TPSA) is 61.8 Å². The van der Waals surface area contributed by atoms with E-state index in [-0.39, 0.29) is 30.3 Å². The second-order valence-corrected chi connectivity index (χ2v) is 6.06. The van der Waals surface area contributed by atoms with E-state index in [4.69, 9.17) is 4.74 Å². The summed E-state index contributed by atoms with van der Waals surface area (Å²) >= 11 is 0. The van der Waals surface area contributed by atoms with Crippen molar-refractivity contribution in [2.75, 3.05) is 32.9 Å². The molecule has 3 unspecified atom stereocenters. The van der Waals surface area contributed by atoms with Gasteiger partial charge in [-0.05, 0) is 30.5 Å². The molecule has 1 aromatic carbocycles. The number of ether oxygens (including phenoxy) is 1. The maximum atomic E-state index is 13.6. The maximum absolute atomic E-state index is 13.6. The van der Waals surface area contributed by atoms with E-state index in [1.807, 2.05) is 18.7 Å². The zero-order valence-corrected chi connectivity index (χ0v) is 13.7. The molecular weight excluding hydrogens is 299 g/mol. The summed E-state index contributed by atoms with van der Waals surface area (Å²) in [7, 11) is 0. The van der Waals surface area contributed by atoms with Gasteiger partial charge in [0.1, 0.15) is 11.9 Å². The number of amides is 1. The molecule has 1 fully saturated rings. The molecule has 1 aliphatic heterocycles. The summed E-state index contributed by atoms with van der Waals surface area (Å²) < 4.78 is 18.9. The summed E-state index contributed by atoms with van der Waals surface area (Å²) in [6, 6.07) is 5.44. The normalized spacial score (nSPS) is 19.8. The van der Waals surface area contributed by atoms with Gasteiger partial charge < -0.3 is 15.2 Å². The van der Waals surface area contributed by atoms with Gasteiger partial charge in [0.2, 0.25) is 5.91 Å². The molecule has 5 nitrogen and oxygen atoms in total. The van der Waals surface area contributed by atoms with Crippen LogP contribution in [0.3, 0.4) is 0 Å². The third kappa shape index (κ3) is 4.73. The Kier molecular flexibility index (Phi) is 6.50. The second-order valence-electron chi connectivity index (χ2n) is 6.06. The Hall–Kier alpha value is -1.50. The smallest absolute Gasteiger partial charge is 0.242 e. The van der Waals surface area contributed by atoms with E-state index in [2.05, 4.69) is 5.32 Å². The van der Waals surface area contributed by atoms with Crippen LogP contribution in [0.1, 0.15) is 25.5 Å². The lowest BCUT2D eigenvalue weighted by molar-refractivity contribution is -0.129. The molecule has 0 aromatic heterocycles. The third-order valence-electron chi connectivity index (χ3n) is 4.34. The lowest BCUT2D eigenvalue weighted by Gasteiger charge is -2.35. The first-order chi connectivity index (χ1) is 11.0. The van der Waals surface area contributed by atoms with Gasteiger partial charge >= 0.3 is 0 Å². The summed E-state index contributed by atoms with van der Waals surface area (Å²) in [5.74, 6) is -0.576. The highest BCUT2D eigenvalue weighted by molar-refractivity contribution is 5.83. The van der Waals surface area contributed by atoms with Crippen LogP contribution >= 0.6 is 0 Å². The molecule has 128 valence electrons. The van der Waals surface area contributed by atoms with Gasteiger partial charge in [0.15, 0.2) is 0 Å². The largest absolute Gasteiger partial charge is 0.396 e. The van der Waals surface area contributed by atoms with E-state index < -0.39 is 6.04 Å². The average Bonchev–Trinajstić information content (AvgIpc) is 2.55. The fraction of sp³-hybridized carbons (Fsp3) is 0.588. The van der Waals surface area contributed by atoms with E-state index in [1.165, 1.54) is 12.1 Å². The highest BCUT2D eigenvalue weighted by atomic mass is 19.1. The number of benzene rings is 1. The molecule has 0 bridgehead atoms. The minimum atomic E-state index is -0.553. The number of aliphatic hydroxyl groups excluding tert-OH is 1. The number of aliphatic hydroxyl groups is 1. The lowest BCUT2D eigenvalue weighted by atomic mass is 10.0. The molecule has 0 radical (unpaired) electrons. The molecule has 1 amide bonds. The molecule has 1 aromatic rings. The Morgan fingerprint density at radius 3 is 2.70 bits per heavy atom. The molecular formula is C17H25FN2O3. The average molecular weight is 324 g/mol. The zero-order chi connectivity index (χ0) is 16.8. The van der Waals surface area contributed by atoms with Crippen molar-refractivity contribution < 1.29 is 19.0 Å². The summed E-state index contributed by atoms with van der Waals surface area (Å²) in [5.41, 5.74) is 0.633. The van der Waals surface area contributed by atoms with Crippen molar-refractivity contribution in [3.05, 3.63) is 35.6 Å². The molecule has 6 heteroatoms. The molecule has 3 atom stereocenters. The molecule has 2 rings (SSSR count). The van der Waals surface area contributed by atoms with Crippen LogP contribution < -0.4 is 5.32 Å². The fourth-order valence-electron chi connectivity index (χ4n) is 2.64. The van der Waals surface area contributed by atoms with Gasteiger partial charge in [-0.1, -0.05) is 19.1 Å². The lowest BCUT2D eigenvalue weighted by Crippen LogP contribution is -2.49. The fourth-order valence-corrected chi connectivity index (χ4v) is 2.64. The van der Waals surface area contributed by atoms with Gasteiger partial charge in [0, 0.05) is 25.7 Å². The van der Waals surface area contributed by atoms with Crippen molar-refractivity contribution in [1.82, 2.24) is 10.2 Å². The highest BCUT2D eigenvalue weighted by Crippen LogP contribution is 2.23. The minimum absolute atomic E-state index is 0.00360. The molecule has 0 spiro atoms. The Labute approximate surface area is 136 Å². The second kappa shape index (κ2) is 8.38. The summed E-state index contributed by atoms with van der Waals surface area (Å²) in [4.78, 5) is 14.8. The van der Waals surface area contributed by atoms with Crippen LogP contribution in [0.25, 0.3) is 0 Å². The van der Waals surface area contributed by atoms with Crippen molar-refractivity contribution in [2.45, 2.75) is 25.9 Å². The van der Waals surface area contributed by atoms with Crippen LogP contribution in [0.4, 0.5) is 4.39 Å². The summed E-state index contributed by atoms with van der Waals surface area (Å²) in [6.07, 6.45) is 0. The first-order valence-corrected chi connectivity index (χ1v) is 8.01. The predicted molar refractivity (Wildman–Crippen MR) is 85.4 cm³/mol. The molecule has 1 heterocycles. The number of morpholine rings is 1. The number of hydrogen-bond acceptors (Lipinski definition) is 4. The van der Waals surface area contributed by atoms with Crippen molar-refractivity contribution in [3.63, 3.8) is 0 Å². The van der Waals surface area contributed by atoms with Crippen molar-refractivity contribution in [3.8, 4) is 0 Å². The van der Waals surface area contributed by atoms with E-state index in [1.54, 1.807) is 12.1 Å². The quantitative estimate of drug-likeness (QED) is 0.829. The number of carbonyl (C=O) groups excluding carboxylic acids is 1. The zero-order valence-electron chi connectivity index (χ0n) is 13.7. The molecule has 0 saturated carbocycles. The van der Waals surface area contributed by atoms with Crippen LogP contribution in [-0.2, 0) is 9.53 Å². The van der Waals surface area contributed by atoms with Crippen molar-refractivity contribution in [2.24, 2.45) is 5.92 Å². The third-order valence-corrected chi connectivity index (χ3v) is 4.34. The Morgan fingerprint density at radius 2 is 2.09 bits per heavy atom. The maximum Gasteiger partial charge on any atom is 0.242 e. The van der Waals surface area contributed by atoms with Crippen LogP contribution in [0.15, 0.2) is 24.3 Å². The van der Waals surface area contributed by atoms with E-state index in [9.17, 15) is 14.3 Å². The first kappa shape index (κ1) is 17.8. The Morgan fingerprint density at radius 1 is 1.39 bits per heavy atom. The SMILES string of the molecule is CC(CO)C(C)NC(=O)C(c1cccc(F)c1)N1CCOCC1. The number of nitrogens with zero attached hydrogens (tertiary/aromatic N) is 1. The van der Waals surface area contributed by atoms with Crippen molar-refractivity contribution in [1.29, 1.82) is 0 Å². The number of hydrogen-bond donors (Lipinski definition) is 2. The monoisotopic (exact) mass is 324 g/mol. The number of halogens is 1. The molecule has 23 heavy (non-hydrogen) atoms. The Balaban J connectivity index is 2.20. The van der Waals surface area contributed by atoms with Crippen molar-refractivity contribution >= 4 is 5.91 Å². The van der Waals surface area contributed by atoms with Gasteiger partial charge in [-0.25, -0.2) is 4.39 Å². The van der Waals surface area contributed by atoms with Gasteiger partial charge in [-0.15, -0.1) is 0 Å². The summed E-state index contributed by atoms with van der Waals surface area (Å²) in [6.45, 7) is 6.10.